The monoisotopic (exact) mass is 216 g/mol. The zero-order chi connectivity index (χ0) is 11.5. The molecule has 0 unspecified atom stereocenters. The zero-order valence-corrected chi connectivity index (χ0v) is 9.39. The molecule has 1 aromatic rings. The molecule has 0 amide bonds. The molecule has 0 bridgehead atoms. The highest BCUT2D eigenvalue weighted by Gasteiger charge is 2.44. The highest BCUT2D eigenvalue weighted by molar-refractivity contribution is 5.75. The summed E-state index contributed by atoms with van der Waals surface area (Å²) in [7, 11) is 0. The van der Waals surface area contributed by atoms with Gasteiger partial charge in [0.25, 0.3) is 0 Å². The average molecular weight is 216 g/mol. The van der Waals surface area contributed by atoms with E-state index in [9.17, 15) is 4.79 Å². The molecule has 84 valence electrons. The molecule has 1 N–H and O–H groups in total. The Labute approximate surface area is 95.6 Å². The highest BCUT2D eigenvalue weighted by Crippen LogP contribution is 2.45. The minimum absolute atomic E-state index is 0.144. The van der Waals surface area contributed by atoms with Crippen molar-refractivity contribution in [3.8, 4) is 0 Å². The Kier molecular flexibility index (Phi) is 3.09. The molecule has 0 spiro atoms. The molecular weight excluding hydrogens is 200 g/mol. The third-order valence-electron chi connectivity index (χ3n) is 3.14. The molecule has 1 fully saturated rings. The van der Waals surface area contributed by atoms with Gasteiger partial charge >= 0.3 is 5.97 Å². The number of allylic oxidation sites excluding steroid dienone is 1. The lowest BCUT2D eigenvalue weighted by atomic mass is 10.0. The molecular formula is C14H16O2. The van der Waals surface area contributed by atoms with Gasteiger partial charge in [-0.2, -0.15) is 0 Å². The fraction of sp³-hybridized carbons (Fsp3) is 0.357. The van der Waals surface area contributed by atoms with Gasteiger partial charge < -0.3 is 5.11 Å². The van der Waals surface area contributed by atoms with E-state index < -0.39 is 5.97 Å². The second-order valence-corrected chi connectivity index (χ2v) is 4.27. The molecule has 1 aliphatic carbocycles. The van der Waals surface area contributed by atoms with Crippen LogP contribution >= 0.6 is 0 Å². The van der Waals surface area contributed by atoms with E-state index in [-0.39, 0.29) is 11.8 Å². The average Bonchev–Trinajstić information content (AvgIpc) is 3.07. The predicted molar refractivity (Wildman–Crippen MR) is 63.9 cm³/mol. The Hall–Kier alpha value is -1.57. The molecule has 0 aliphatic heterocycles. The van der Waals surface area contributed by atoms with Crippen LogP contribution in [0.4, 0.5) is 0 Å². The summed E-state index contributed by atoms with van der Waals surface area (Å²) < 4.78 is 0. The number of carboxylic acids is 1. The SMILES string of the molecule is CC/C(=C\c1ccccc1)[C@@H]1C[C@H]1C(=O)O. The first-order valence-corrected chi connectivity index (χ1v) is 5.70. The van der Waals surface area contributed by atoms with Crippen molar-refractivity contribution in [2.24, 2.45) is 11.8 Å². The van der Waals surface area contributed by atoms with Gasteiger partial charge in [-0.1, -0.05) is 48.9 Å². The summed E-state index contributed by atoms with van der Waals surface area (Å²) in [6.07, 6.45) is 3.87. The van der Waals surface area contributed by atoms with Crippen LogP contribution < -0.4 is 0 Å². The van der Waals surface area contributed by atoms with Gasteiger partial charge in [-0.15, -0.1) is 0 Å². The first kappa shape index (κ1) is 10.9. The van der Waals surface area contributed by atoms with Crippen LogP contribution in [0, 0.1) is 11.8 Å². The van der Waals surface area contributed by atoms with Crippen molar-refractivity contribution in [2.45, 2.75) is 19.8 Å². The highest BCUT2D eigenvalue weighted by atomic mass is 16.4. The minimum atomic E-state index is -0.655. The van der Waals surface area contributed by atoms with E-state index in [4.69, 9.17) is 5.11 Å². The maximum Gasteiger partial charge on any atom is 0.307 e. The van der Waals surface area contributed by atoms with Crippen molar-refractivity contribution in [3.63, 3.8) is 0 Å². The number of rotatable bonds is 4. The Morgan fingerprint density at radius 3 is 2.56 bits per heavy atom. The van der Waals surface area contributed by atoms with Crippen LogP contribution in [0.5, 0.6) is 0 Å². The minimum Gasteiger partial charge on any atom is -0.481 e. The van der Waals surface area contributed by atoms with Crippen molar-refractivity contribution in [2.75, 3.05) is 0 Å². The summed E-state index contributed by atoms with van der Waals surface area (Å²) in [4.78, 5) is 10.8. The van der Waals surface area contributed by atoms with Crippen molar-refractivity contribution in [1.29, 1.82) is 0 Å². The van der Waals surface area contributed by atoms with Crippen LogP contribution in [0.25, 0.3) is 6.08 Å². The third-order valence-corrected chi connectivity index (χ3v) is 3.14. The summed E-state index contributed by atoms with van der Waals surface area (Å²) in [5.74, 6) is -0.532. The van der Waals surface area contributed by atoms with Crippen molar-refractivity contribution in [3.05, 3.63) is 41.5 Å². The summed E-state index contributed by atoms with van der Waals surface area (Å²) >= 11 is 0. The van der Waals surface area contributed by atoms with E-state index in [1.807, 2.05) is 30.3 Å². The lowest BCUT2D eigenvalue weighted by Gasteiger charge is -2.03. The van der Waals surface area contributed by atoms with Crippen LogP contribution in [0.3, 0.4) is 0 Å². The van der Waals surface area contributed by atoms with Gasteiger partial charge in [-0.05, 0) is 24.3 Å². The summed E-state index contributed by atoms with van der Waals surface area (Å²) in [6, 6.07) is 10.1. The van der Waals surface area contributed by atoms with Crippen molar-refractivity contribution >= 4 is 12.0 Å². The molecule has 1 saturated carbocycles. The fourth-order valence-electron chi connectivity index (χ4n) is 2.11. The number of hydrogen-bond acceptors (Lipinski definition) is 1. The molecule has 2 rings (SSSR count). The lowest BCUT2D eigenvalue weighted by molar-refractivity contribution is -0.138. The van der Waals surface area contributed by atoms with E-state index in [0.717, 1.165) is 18.4 Å². The van der Waals surface area contributed by atoms with Gasteiger partial charge in [0.05, 0.1) is 5.92 Å². The molecule has 1 aliphatic rings. The molecule has 2 nitrogen and oxygen atoms in total. The van der Waals surface area contributed by atoms with Gasteiger partial charge in [-0.3, -0.25) is 4.79 Å². The lowest BCUT2D eigenvalue weighted by Crippen LogP contribution is -2.00. The summed E-state index contributed by atoms with van der Waals surface area (Å²) in [5.41, 5.74) is 2.42. The number of carboxylic acid groups (broad SMARTS) is 1. The Morgan fingerprint density at radius 2 is 2.06 bits per heavy atom. The third kappa shape index (κ3) is 2.32. The second-order valence-electron chi connectivity index (χ2n) is 4.27. The topological polar surface area (TPSA) is 37.3 Å². The first-order chi connectivity index (χ1) is 7.72. The molecule has 0 radical (unpaired) electrons. The molecule has 16 heavy (non-hydrogen) atoms. The Morgan fingerprint density at radius 1 is 1.38 bits per heavy atom. The van der Waals surface area contributed by atoms with Gasteiger partial charge in [0.2, 0.25) is 0 Å². The van der Waals surface area contributed by atoms with E-state index in [2.05, 4.69) is 13.0 Å². The fourth-order valence-corrected chi connectivity index (χ4v) is 2.11. The normalized spacial score (nSPS) is 24.2. The van der Waals surface area contributed by atoms with Crippen LogP contribution in [0.2, 0.25) is 0 Å². The van der Waals surface area contributed by atoms with Crippen molar-refractivity contribution < 1.29 is 9.90 Å². The molecule has 0 aromatic heterocycles. The Balaban J connectivity index is 2.13. The van der Waals surface area contributed by atoms with Gasteiger partial charge in [0.1, 0.15) is 0 Å². The van der Waals surface area contributed by atoms with E-state index in [1.54, 1.807) is 0 Å². The smallest absolute Gasteiger partial charge is 0.307 e. The standard InChI is InChI=1S/C14H16O2/c1-2-11(12-9-13(12)14(15)16)8-10-6-4-3-5-7-10/h3-8,12-13H,2,9H2,1H3,(H,15,16)/b11-8+/t12-,13+/m0/s1. The molecule has 0 saturated heterocycles. The molecule has 2 heteroatoms. The maximum atomic E-state index is 10.8. The van der Waals surface area contributed by atoms with E-state index >= 15 is 0 Å². The van der Waals surface area contributed by atoms with Gasteiger partial charge in [-0.25, -0.2) is 0 Å². The second kappa shape index (κ2) is 4.52. The zero-order valence-electron chi connectivity index (χ0n) is 9.39. The first-order valence-electron chi connectivity index (χ1n) is 5.70. The van der Waals surface area contributed by atoms with E-state index in [1.165, 1.54) is 5.57 Å². The largest absolute Gasteiger partial charge is 0.481 e. The van der Waals surface area contributed by atoms with Crippen LogP contribution in [0.1, 0.15) is 25.3 Å². The number of hydrogen-bond donors (Lipinski definition) is 1. The maximum absolute atomic E-state index is 10.8. The number of carbonyl (C=O) groups is 1. The number of benzene rings is 1. The summed E-state index contributed by atoms with van der Waals surface area (Å²) in [5, 5.41) is 8.91. The van der Waals surface area contributed by atoms with Crippen LogP contribution in [0.15, 0.2) is 35.9 Å². The van der Waals surface area contributed by atoms with Gasteiger partial charge in [0.15, 0.2) is 0 Å². The molecule has 0 heterocycles. The quantitative estimate of drug-likeness (QED) is 0.839. The molecule has 2 atom stereocenters. The van der Waals surface area contributed by atoms with Crippen molar-refractivity contribution in [1.82, 2.24) is 0 Å². The van der Waals surface area contributed by atoms with Crippen LogP contribution in [-0.2, 0) is 4.79 Å². The molecule has 1 aromatic carbocycles. The Bertz CT molecular complexity index is 406. The summed E-state index contributed by atoms with van der Waals surface area (Å²) in [6.45, 7) is 2.09. The predicted octanol–water partition coefficient (Wildman–Crippen LogP) is 3.20. The van der Waals surface area contributed by atoms with Gasteiger partial charge in [0, 0.05) is 0 Å². The number of aliphatic carboxylic acids is 1. The van der Waals surface area contributed by atoms with Crippen LogP contribution in [-0.4, -0.2) is 11.1 Å². The van der Waals surface area contributed by atoms with E-state index in [0.29, 0.717) is 0 Å².